The Labute approximate surface area is 122 Å². The van der Waals surface area contributed by atoms with Crippen LogP contribution in [0.2, 0.25) is 0 Å². The molecule has 21 heavy (non-hydrogen) atoms. The molecule has 0 radical (unpaired) electrons. The van der Waals surface area contributed by atoms with Gasteiger partial charge in [0, 0.05) is 19.4 Å². The third-order valence-corrected chi connectivity index (χ3v) is 3.02. The number of hydrogen-bond acceptors (Lipinski definition) is 3. The van der Waals surface area contributed by atoms with Gasteiger partial charge in [-0.3, -0.25) is 9.59 Å². The number of Topliss-reactive ketones (excluding diaryl/α,β-unsaturated/α-hetero) is 1. The first-order chi connectivity index (χ1) is 10.1. The molecule has 1 heterocycles. The molecule has 0 atom stereocenters. The van der Waals surface area contributed by atoms with E-state index in [-0.39, 0.29) is 36.1 Å². The second-order valence-electron chi connectivity index (χ2n) is 4.63. The average molecular weight is 289 g/mol. The Morgan fingerprint density at radius 3 is 2.52 bits per heavy atom. The summed E-state index contributed by atoms with van der Waals surface area (Å²) in [6, 6.07) is 9.35. The van der Waals surface area contributed by atoms with E-state index < -0.39 is 0 Å². The first kappa shape index (κ1) is 15.0. The van der Waals surface area contributed by atoms with E-state index in [0.717, 1.165) is 5.56 Å². The Kier molecular flexibility index (Phi) is 5.26. The van der Waals surface area contributed by atoms with E-state index >= 15 is 0 Å². The van der Waals surface area contributed by atoms with Gasteiger partial charge in [0.05, 0.1) is 6.26 Å². The van der Waals surface area contributed by atoms with Gasteiger partial charge in [0.25, 0.3) is 0 Å². The van der Waals surface area contributed by atoms with Gasteiger partial charge < -0.3 is 9.73 Å². The largest absolute Gasteiger partial charge is 0.461 e. The molecule has 0 aliphatic rings. The maximum Gasteiger partial charge on any atom is 0.220 e. The molecule has 0 aliphatic heterocycles. The van der Waals surface area contributed by atoms with Crippen molar-refractivity contribution < 1.29 is 18.4 Å². The zero-order valence-electron chi connectivity index (χ0n) is 11.5. The smallest absolute Gasteiger partial charge is 0.220 e. The topological polar surface area (TPSA) is 59.3 Å². The van der Waals surface area contributed by atoms with Gasteiger partial charge in [-0.05, 0) is 36.2 Å². The summed E-state index contributed by atoms with van der Waals surface area (Å²) in [5, 5.41) is 2.73. The summed E-state index contributed by atoms with van der Waals surface area (Å²) < 4.78 is 17.7. The molecule has 110 valence electrons. The summed E-state index contributed by atoms with van der Waals surface area (Å²) in [4.78, 5) is 23.2. The van der Waals surface area contributed by atoms with Crippen molar-refractivity contribution in [3.8, 4) is 0 Å². The van der Waals surface area contributed by atoms with Gasteiger partial charge in [-0.25, -0.2) is 4.39 Å². The van der Waals surface area contributed by atoms with Gasteiger partial charge >= 0.3 is 0 Å². The number of carbonyl (C=O) groups excluding carboxylic acids is 2. The van der Waals surface area contributed by atoms with Gasteiger partial charge in [0.2, 0.25) is 5.91 Å². The fourth-order valence-corrected chi connectivity index (χ4v) is 1.87. The highest BCUT2D eigenvalue weighted by Crippen LogP contribution is 2.06. The Bertz CT molecular complexity index is 590. The lowest BCUT2D eigenvalue weighted by Crippen LogP contribution is -2.26. The number of nitrogens with one attached hydrogen (secondary N) is 1. The average Bonchev–Trinajstić information content (AvgIpc) is 3.01. The lowest BCUT2D eigenvalue weighted by atomic mass is 10.1. The molecule has 5 heteroatoms. The van der Waals surface area contributed by atoms with Crippen LogP contribution >= 0.6 is 0 Å². The first-order valence-corrected chi connectivity index (χ1v) is 6.73. The molecule has 1 aromatic heterocycles. The lowest BCUT2D eigenvalue weighted by molar-refractivity contribution is -0.121. The number of rotatable bonds is 7. The van der Waals surface area contributed by atoms with Gasteiger partial charge in [-0.2, -0.15) is 0 Å². The molecule has 2 rings (SSSR count). The van der Waals surface area contributed by atoms with Crippen molar-refractivity contribution in [2.45, 2.75) is 19.3 Å². The zero-order valence-corrected chi connectivity index (χ0v) is 11.5. The second-order valence-corrected chi connectivity index (χ2v) is 4.63. The maximum absolute atomic E-state index is 12.7. The highest BCUT2D eigenvalue weighted by atomic mass is 19.1. The fourth-order valence-electron chi connectivity index (χ4n) is 1.87. The summed E-state index contributed by atoms with van der Waals surface area (Å²) in [6.45, 7) is 0.458. The lowest BCUT2D eigenvalue weighted by Gasteiger charge is -2.05. The van der Waals surface area contributed by atoms with E-state index in [9.17, 15) is 14.0 Å². The standard InChI is InChI=1S/C16H16FNO3/c17-13-5-3-12(4-6-13)9-10-18-16(20)8-7-14(19)15-2-1-11-21-15/h1-6,11H,7-10H2,(H,18,20). The summed E-state index contributed by atoms with van der Waals surface area (Å²) in [6.07, 6.45) is 2.30. The minimum absolute atomic E-state index is 0.121. The molecule has 0 aliphatic carbocycles. The third-order valence-electron chi connectivity index (χ3n) is 3.02. The molecule has 1 aromatic carbocycles. The minimum Gasteiger partial charge on any atom is -0.461 e. The summed E-state index contributed by atoms with van der Waals surface area (Å²) in [5.41, 5.74) is 0.948. The van der Waals surface area contributed by atoms with Crippen molar-refractivity contribution in [3.05, 3.63) is 59.8 Å². The van der Waals surface area contributed by atoms with Crippen LogP contribution in [0.1, 0.15) is 29.0 Å². The van der Waals surface area contributed by atoms with Crippen molar-refractivity contribution in [2.75, 3.05) is 6.54 Å². The first-order valence-electron chi connectivity index (χ1n) is 6.73. The molecule has 1 N–H and O–H groups in total. The van der Waals surface area contributed by atoms with Gasteiger partial charge in [0.1, 0.15) is 5.82 Å². The van der Waals surface area contributed by atoms with Gasteiger partial charge in [0.15, 0.2) is 11.5 Å². The monoisotopic (exact) mass is 289 g/mol. The van der Waals surface area contributed by atoms with Crippen LogP contribution < -0.4 is 5.32 Å². The maximum atomic E-state index is 12.7. The molecular formula is C16H16FNO3. The fraction of sp³-hybridized carbons (Fsp3) is 0.250. The van der Waals surface area contributed by atoms with E-state index in [0.29, 0.717) is 13.0 Å². The number of hydrogen-bond donors (Lipinski definition) is 1. The van der Waals surface area contributed by atoms with E-state index in [1.54, 1.807) is 24.3 Å². The van der Waals surface area contributed by atoms with Crippen LogP contribution in [0.3, 0.4) is 0 Å². The predicted octanol–water partition coefficient (Wildman–Crippen LogP) is 2.74. The van der Waals surface area contributed by atoms with Crippen molar-refractivity contribution >= 4 is 11.7 Å². The summed E-state index contributed by atoms with van der Waals surface area (Å²) >= 11 is 0. The predicted molar refractivity (Wildman–Crippen MR) is 75.4 cm³/mol. The van der Waals surface area contributed by atoms with E-state index in [1.807, 2.05) is 0 Å². The number of benzene rings is 1. The van der Waals surface area contributed by atoms with Crippen molar-refractivity contribution in [1.82, 2.24) is 5.32 Å². The van der Waals surface area contributed by atoms with Gasteiger partial charge in [-0.15, -0.1) is 0 Å². The number of furan rings is 1. The number of amides is 1. The molecule has 0 saturated carbocycles. The van der Waals surface area contributed by atoms with Crippen LogP contribution in [0.5, 0.6) is 0 Å². The van der Waals surface area contributed by atoms with Crippen LogP contribution in [0.25, 0.3) is 0 Å². The van der Waals surface area contributed by atoms with Crippen LogP contribution in [-0.4, -0.2) is 18.2 Å². The molecule has 1 amide bonds. The molecule has 0 bridgehead atoms. The summed E-state index contributed by atoms with van der Waals surface area (Å²) in [5.74, 6) is -0.376. The Morgan fingerprint density at radius 1 is 1.10 bits per heavy atom. The van der Waals surface area contributed by atoms with Crippen LogP contribution in [0.15, 0.2) is 47.1 Å². The quantitative estimate of drug-likeness (QED) is 0.797. The van der Waals surface area contributed by atoms with Crippen LogP contribution in [0, 0.1) is 5.82 Å². The normalized spacial score (nSPS) is 10.3. The Morgan fingerprint density at radius 2 is 1.86 bits per heavy atom. The Hall–Kier alpha value is -2.43. The van der Waals surface area contributed by atoms with Crippen molar-refractivity contribution in [3.63, 3.8) is 0 Å². The van der Waals surface area contributed by atoms with Crippen LogP contribution in [-0.2, 0) is 11.2 Å². The minimum atomic E-state index is -0.278. The molecule has 4 nitrogen and oxygen atoms in total. The van der Waals surface area contributed by atoms with E-state index in [2.05, 4.69) is 5.32 Å². The molecule has 0 fully saturated rings. The highest BCUT2D eigenvalue weighted by Gasteiger charge is 2.11. The molecular weight excluding hydrogens is 273 g/mol. The highest BCUT2D eigenvalue weighted by molar-refractivity contribution is 5.95. The van der Waals surface area contributed by atoms with Crippen LogP contribution in [0.4, 0.5) is 4.39 Å². The molecule has 2 aromatic rings. The Balaban J connectivity index is 1.66. The molecule has 0 saturated heterocycles. The summed E-state index contributed by atoms with van der Waals surface area (Å²) in [7, 11) is 0. The SMILES string of the molecule is O=C(CCC(=O)c1ccco1)NCCc1ccc(F)cc1. The van der Waals surface area contributed by atoms with Crippen molar-refractivity contribution in [2.24, 2.45) is 0 Å². The zero-order chi connectivity index (χ0) is 15.1. The molecule has 0 spiro atoms. The number of halogens is 1. The molecule has 0 unspecified atom stereocenters. The van der Waals surface area contributed by atoms with E-state index in [1.165, 1.54) is 18.4 Å². The number of carbonyl (C=O) groups is 2. The number of ketones is 1. The van der Waals surface area contributed by atoms with Crippen molar-refractivity contribution in [1.29, 1.82) is 0 Å². The van der Waals surface area contributed by atoms with Gasteiger partial charge in [-0.1, -0.05) is 12.1 Å². The van der Waals surface area contributed by atoms with E-state index in [4.69, 9.17) is 4.42 Å². The third kappa shape index (κ3) is 4.87. The second kappa shape index (κ2) is 7.38.